The molecule has 0 aliphatic rings. The van der Waals surface area contributed by atoms with Gasteiger partial charge >= 0.3 is 0 Å². The zero-order chi connectivity index (χ0) is 10.8. The molecule has 0 saturated carbocycles. The number of aromatic nitrogens is 2. The number of aromatic amines is 1. The molecule has 0 bridgehead atoms. The third-order valence-corrected chi connectivity index (χ3v) is 2.57. The van der Waals surface area contributed by atoms with Crippen molar-refractivity contribution in [2.75, 3.05) is 12.4 Å². The van der Waals surface area contributed by atoms with Gasteiger partial charge in [0.15, 0.2) is 0 Å². The Morgan fingerprint density at radius 1 is 1.27 bits per heavy atom. The van der Waals surface area contributed by atoms with Crippen LogP contribution in [0.4, 0.5) is 5.69 Å². The molecule has 3 nitrogen and oxygen atoms in total. The van der Waals surface area contributed by atoms with Gasteiger partial charge in [-0.1, -0.05) is 12.1 Å². The molecule has 0 radical (unpaired) electrons. The van der Waals surface area contributed by atoms with Gasteiger partial charge in [-0.25, -0.2) is 0 Å². The highest BCUT2D eigenvalue weighted by atomic mass is 15.1. The van der Waals surface area contributed by atoms with Crippen molar-refractivity contribution in [3.63, 3.8) is 0 Å². The van der Waals surface area contributed by atoms with Crippen LogP contribution in [0.1, 0.15) is 11.4 Å². The third-order valence-electron chi connectivity index (χ3n) is 2.57. The van der Waals surface area contributed by atoms with Crippen molar-refractivity contribution >= 4 is 5.69 Å². The molecular weight excluding hydrogens is 186 g/mol. The average Bonchev–Trinajstić information content (AvgIpc) is 2.59. The van der Waals surface area contributed by atoms with E-state index in [4.69, 9.17) is 0 Å². The Balaban J connectivity index is 2.53. The molecular formula is C12H15N3. The largest absolute Gasteiger partial charge is 0.388 e. The molecule has 2 aromatic rings. The molecule has 15 heavy (non-hydrogen) atoms. The van der Waals surface area contributed by atoms with E-state index in [0.29, 0.717) is 0 Å². The Kier molecular flexibility index (Phi) is 2.46. The van der Waals surface area contributed by atoms with Crippen LogP contribution in [0.25, 0.3) is 11.1 Å². The molecule has 2 rings (SSSR count). The fourth-order valence-electron chi connectivity index (χ4n) is 1.81. The van der Waals surface area contributed by atoms with Gasteiger partial charge in [-0.15, -0.1) is 0 Å². The number of hydrogen-bond donors (Lipinski definition) is 2. The second kappa shape index (κ2) is 3.77. The minimum absolute atomic E-state index is 1.04. The van der Waals surface area contributed by atoms with E-state index in [1.54, 1.807) is 0 Å². The van der Waals surface area contributed by atoms with Gasteiger partial charge in [-0.2, -0.15) is 5.10 Å². The lowest BCUT2D eigenvalue weighted by Gasteiger charge is -2.04. The maximum absolute atomic E-state index is 4.20. The zero-order valence-electron chi connectivity index (χ0n) is 9.26. The quantitative estimate of drug-likeness (QED) is 0.784. The molecule has 0 unspecified atom stereocenters. The predicted octanol–water partition coefficient (Wildman–Crippen LogP) is 2.74. The number of H-pyrrole nitrogens is 1. The first kappa shape index (κ1) is 9.77. The van der Waals surface area contributed by atoms with Crippen LogP contribution in [0.5, 0.6) is 0 Å². The number of nitrogens with zero attached hydrogens (tertiary/aromatic N) is 1. The van der Waals surface area contributed by atoms with Crippen LogP contribution in [0, 0.1) is 13.8 Å². The van der Waals surface area contributed by atoms with Crippen LogP contribution >= 0.6 is 0 Å². The van der Waals surface area contributed by atoms with Crippen molar-refractivity contribution < 1.29 is 0 Å². The van der Waals surface area contributed by atoms with Crippen molar-refractivity contribution in [2.24, 2.45) is 0 Å². The fraction of sp³-hybridized carbons (Fsp3) is 0.250. The van der Waals surface area contributed by atoms with Crippen LogP contribution in [-0.2, 0) is 0 Å². The van der Waals surface area contributed by atoms with Gasteiger partial charge in [0, 0.05) is 24.0 Å². The number of nitrogens with one attached hydrogen (secondary N) is 2. The van der Waals surface area contributed by atoms with Crippen molar-refractivity contribution in [1.82, 2.24) is 10.2 Å². The Hall–Kier alpha value is -1.77. The highest BCUT2D eigenvalue weighted by Gasteiger charge is 2.08. The van der Waals surface area contributed by atoms with Crippen molar-refractivity contribution in [1.29, 1.82) is 0 Å². The first-order valence-electron chi connectivity index (χ1n) is 5.02. The SMILES string of the molecule is CNc1cccc(-c2c(C)n[nH]c2C)c1. The van der Waals surface area contributed by atoms with E-state index in [0.717, 1.165) is 17.1 Å². The number of benzene rings is 1. The van der Waals surface area contributed by atoms with Gasteiger partial charge in [-0.3, -0.25) is 5.10 Å². The first-order chi connectivity index (χ1) is 7.22. The normalized spacial score (nSPS) is 10.3. The molecule has 0 aliphatic carbocycles. The van der Waals surface area contributed by atoms with Crippen LogP contribution < -0.4 is 5.32 Å². The summed E-state index contributed by atoms with van der Waals surface area (Å²) in [5, 5.41) is 10.3. The molecule has 0 spiro atoms. The smallest absolute Gasteiger partial charge is 0.0672 e. The Bertz CT molecular complexity index is 452. The lowest BCUT2D eigenvalue weighted by molar-refractivity contribution is 1.02. The third kappa shape index (κ3) is 1.73. The summed E-state index contributed by atoms with van der Waals surface area (Å²) in [6, 6.07) is 8.33. The second-order valence-corrected chi connectivity index (χ2v) is 3.64. The van der Waals surface area contributed by atoms with Crippen LogP contribution in [0.15, 0.2) is 24.3 Å². The summed E-state index contributed by atoms with van der Waals surface area (Å²) in [5.41, 5.74) is 5.67. The van der Waals surface area contributed by atoms with Crippen molar-refractivity contribution in [3.05, 3.63) is 35.7 Å². The molecule has 0 saturated heterocycles. The van der Waals surface area contributed by atoms with Crippen molar-refractivity contribution in [3.8, 4) is 11.1 Å². The van der Waals surface area contributed by atoms with Gasteiger partial charge < -0.3 is 5.32 Å². The number of rotatable bonds is 2. The topological polar surface area (TPSA) is 40.7 Å². The summed E-state index contributed by atoms with van der Waals surface area (Å²) in [6.45, 7) is 4.06. The van der Waals surface area contributed by atoms with E-state index in [2.05, 4.69) is 27.6 Å². The first-order valence-corrected chi connectivity index (χ1v) is 5.02. The van der Waals surface area contributed by atoms with E-state index in [1.165, 1.54) is 11.1 Å². The summed E-state index contributed by atoms with van der Waals surface area (Å²) in [6.07, 6.45) is 0. The van der Waals surface area contributed by atoms with E-state index in [1.807, 2.05) is 33.0 Å². The molecule has 0 atom stereocenters. The fourth-order valence-corrected chi connectivity index (χ4v) is 1.81. The molecule has 2 N–H and O–H groups in total. The Morgan fingerprint density at radius 3 is 2.67 bits per heavy atom. The molecule has 3 heteroatoms. The summed E-state index contributed by atoms with van der Waals surface area (Å²) >= 11 is 0. The number of hydrogen-bond acceptors (Lipinski definition) is 2. The predicted molar refractivity (Wildman–Crippen MR) is 63.0 cm³/mol. The minimum Gasteiger partial charge on any atom is -0.388 e. The van der Waals surface area contributed by atoms with Crippen LogP contribution in [-0.4, -0.2) is 17.2 Å². The highest BCUT2D eigenvalue weighted by Crippen LogP contribution is 2.27. The molecule has 1 aromatic carbocycles. The summed E-state index contributed by atoms with van der Waals surface area (Å²) in [4.78, 5) is 0. The Labute approximate surface area is 89.5 Å². The number of aryl methyl sites for hydroxylation is 2. The lowest BCUT2D eigenvalue weighted by Crippen LogP contribution is -1.88. The average molecular weight is 201 g/mol. The van der Waals surface area contributed by atoms with Gasteiger partial charge in [0.05, 0.1) is 5.69 Å². The van der Waals surface area contributed by atoms with Crippen molar-refractivity contribution in [2.45, 2.75) is 13.8 Å². The van der Waals surface area contributed by atoms with Gasteiger partial charge in [0.1, 0.15) is 0 Å². The van der Waals surface area contributed by atoms with Crippen LogP contribution in [0.3, 0.4) is 0 Å². The van der Waals surface area contributed by atoms with E-state index in [-0.39, 0.29) is 0 Å². The molecule has 78 valence electrons. The molecule has 1 heterocycles. The van der Waals surface area contributed by atoms with Gasteiger partial charge in [-0.05, 0) is 31.5 Å². The highest BCUT2D eigenvalue weighted by molar-refractivity contribution is 5.71. The Morgan fingerprint density at radius 2 is 2.07 bits per heavy atom. The van der Waals surface area contributed by atoms with Crippen LogP contribution in [0.2, 0.25) is 0 Å². The maximum atomic E-state index is 4.20. The molecule has 1 aromatic heterocycles. The zero-order valence-corrected chi connectivity index (χ0v) is 9.26. The van der Waals surface area contributed by atoms with Gasteiger partial charge in [0.25, 0.3) is 0 Å². The minimum atomic E-state index is 1.04. The summed E-state index contributed by atoms with van der Waals surface area (Å²) < 4.78 is 0. The second-order valence-electron chi connectivity index (χ2n) is 3.64. The molecule has 0 amide bonds. The van der Waals surface area contributed by atoms with E-state index in [9.17, 15) is 0 Å². The van der Waals surface area contributed by atoms with Gasteiger partial charge in [0.2, 0.25) is 0 Å². The maximum Gasteiger partial charge on any atom is 0.0672 e. The standard InChI is InChI=1S/C12H15N3/c1-8-12(9(2)15-14-8)10-5-4-6-11(7-10)13-3/h4-7,13H,1-3H3,(H,14,15). The van der Waals surface area contributed by atoms with E-state index >= 15 is 0 Å². The number of anilines is 1. The molecule has 0 fully saturated rings. The summed E-state index contributed by atoms with van der Waals surface area (Å²) in [7, 11) is 1.92. The monoisotopic (exact) mass is 201 g/mol. The molecule has 0 aliphatic heterocycles. The van der Waals surface area contributed by atoms with E-state index < -0.39 is 0 Å². The lowest BCUT2D eigenvalue weighted by atomic mass is 10.0. The summed E-state index contributed by atoms with van der Waals surface area (Å²) in [5.74, 6) is 0.